The number of urea groups is 1. The first-order chi connectivity index (χ1) is 13.5. The topological polar surface area (TPSA) is 87.3 Å². The Balaban J connectivity index is 1.86. The number of nitrogens with one attached hydrogen (secondary N) is 3. The Morgan fingerprint density at radius 3 is 2.34 bits per heavy atom. The van der Waals surface area contributed by atoms with Gasteiger partial charge in [-0.1, -0.05) is 23.7 Å². The van der Waals surface area contributed by atoms with Gasteiger partial charge in [0.05, 0.1) is 12.1 Å². The molecular weight excluding hydrogens is 431 g/mol. The van der Waals surface area contributed by atoms with E-state index in [1.165, 1.54) is 30.3 Å². The Morgan fingerprint density at radius 1 is 1.14 bits per heavy atom. The standard InChI is InChI=1S/C18H13ClF3N3O3S/c19-11-5-6-12(14(26)23-8-17(29)15(27)24-16(28)25-17)13(7-11)9-1-3-10(4-2-9)18(20,21)22/h1-7,29H,8H2,(H,23,26)(H2,24,25,27,28)/t17-/m0/s1. The van der Waals surface area contributed by atoms with Crippen LogP contribution in [0.15, 0.2) is 42.5 Å². The molecule has 0 unspecified atom stereocenters. The van der Waals surface area contributed by atoms with Gasteiger partial charge in [0.2, 0.25) is 0 Å². The summed E-state index contributed by atoms with van der Waals surface area (Å²) in [5.41, 5.74) is -0.0555. The molecule has 2 aromatic rings. The van der Waals surface area contributed by atoms with Gasteiger partial charge in [-0.3, -0.25) is 14.9 Å². The van der Waals surface area contributed by atoms with Gasteiger partial charge in [0.25, 0.3) is 11.8 Å². The molecule has 1 atom stereocenters. The van der Waals surface area contributed by atoms with Crippen molar-refractivity contribution >= 4 is 42.1 Å². The molecule has 0 bridgehead atoms. The van der Waals surface area contributed by atoms with Gasteiger partial charge < -0.3 is 10.6 Å². The number of carbonyl (C=O) groups is 3. The van der Waals surface area contributed by atoms with Crippen LogP contribution >= 0.6 is 24.2 Å². The van der Waals surface area contributed by atoms with Gasteiger partial charge in [0.15, 0.2) is 4.87 Å². The van der Waals surface area contributed by atoms with Gasteiger partial charge >= 0.3 is 12.2 Å². The van der Waals surface area contributed by atoms with Crippen molar-refractivity contribution in [3.8, 4) is 11.1 Å². The number of hydrogen-bond acceptors (Lipinski definition) is 4. The van der Waals surface area contributed by atoms with Gasteiger partial charge in [0.1, 0.15) is 0 Å². The van der Waals surface area contributed by atoms with Crippen molar-refractivity contribution in [1.29, 1.82) is 0 Å². The van der Waals surface area contributed by atoms with E-state index in [0.717, 1.165) is 12.1 Å². The van der Waals surface area contributed by atoms with Crippen molar-refractivity contribution in [3.63, 3.8) is 0 Å². The fourth-order valence-electron chi connectivity index (χ4n) is 2.70. The molecule has 152 valence electrons. The first-order valence-electron chi connectivity index (χ1n) is 8.11. The molecule has 0 aromatic heterocycles. The molecule has 1 heterocycles. The Labute approximate surface area is 173 Å². The van der Waals surface area contributed by atoms with Gasteiger partial charge in [0, 0.05) is 10.6 Å². The highest BCUT2D eigenvalue weighted by molar-refractivity contribution is 7.82. The second-order valence-corrected chi connectivity index (χ2v) is 7.42. The third-order valence-electron chi connectivity index (χ3n) is 4.18. The molecule has 11 heteroatoms. The maximum absolute atomic E-state index is 12.8. The van der Waals surface area contributed by atoms with Crippen LogP contribution in [0, 0.1) is 0 Å². The van der Waals surface area contributed by atoms with Crippen LogP contribution < -0.4 is 16.0 Å². The van der Waals surface area contributed by atoms with E-state index < -0.39 is 34.5 Å². The predicted octanol–water partition coefficient (Wildman–Crippen LogP) is 3.22. The van der Waals surface area contributed by atoms with E-state index in [-0.39, 0.29) is 17.1 Å². The summed E-state index contributed by atoms with van der Waals surface area (Å²) in [7, 11) is 0. The molecule has 0 saturated carbocycles. The zero-order chi connectivity index (χ0) is 21.4. The Morgan fingerprint density at radius 2 is 1.79 bits per heavy atom. The van der Waals surface area contributed by atoms with Crippen molar-refractivity contribution in [2.45, 2.75) is 11.0 Å². The summed E-state index contributed by atoms with van der Waals surface area (Å²) in [4.78, 5) is 34.1. The number of thiol groups is 1. The van der Waals surface area contributed by atoms with Gasteiger partial charge in [-0.25, -0.2) is 4.79 Å². The minimum absolute atomic E-state index is 0.121. The zero-order valence-corrected chi connectivity index (χ0v) is 16.1. The van der Waals surface area contributed by atoms with E-state index in [1.54, 1.807) is 0 Å². The smallest absolute Gasteiger partial charge is 0.348 e. The molecule has 3 rings (SSSR count). The second-order valence-electron chi connectivity index (χ2n) is 6.22. The lowest BCUT2D eigenvalue weighted by molar-refractivity contribution is -0.137. The van der Waals surface area contributed by atoms with E-state index in [2.05, 4.69) is 23.3 Å². The number of hydrogen-bond donors (Lipinski definition) is 4. The highest BCUT2D eigenvalue weighted by Gasteiger charge is 2.43. The molecule has 4 amide bonds. The highest BCUT2D eigenvalue weighted by Crippen LogP contribution is 2.33. The van der Waals surface area contributed by atoms with E-state index in [0.29, 0.717) is 11.1 Å². The maximum Gasteiger partial charge on any atom is 0.416 e. The van der Waals surface area contributed by atoms with Crippen LogP contribution in [0.4, 0.5) is 18.0 Å². The SMILES string of the molecule is O=C1NC(=O)[C@@](S)(CNC(=O)c2ccc(Cl)cc2-c2ccc(C(F)(F)F)cc2)N1. The normalized spacial score (nSPS) is 18.9. The van der Waals surface area contributed by atoms with Crippen LogP contribution in [0.25, 0.3) is 11.1 Å². The van der Waals surface area contributed by atoms with E-state index in [4.69, 9.17) is 11.6 Å². The number of alkyl halides is 3. The molecule has 1 fully saturated rings. The van der Waals surface area contributed by atoms with Crippen LogP contribution in [0.2, 0.25) is 5.02 Å². The van der Waals surface area contributed by atoms with E-state index >= 15 is 0 Å². The van der Waals surface area contributed by atoms with Gasteiger partial charge in [-0.05, 0) is 41.5 Å². The molecule has 1 aliphatic rings. The molecule has 0 spiro atoms. The molecular formula is C18H13ClF3N3O3S. The first kappa shape index (κ1) is 21.0. The van der Waals surface area contributed by atoms with Crippen LogP contribution in [0.5, 0.6) is 0 Å². The summed E-state index contributed by atoms with van der Waals surface area (Å²) in [6, 6.07) is 7.83. The number of carbonyl (C=O) groups excluding carboxylic acids is 3. The molecule has 2 aromatic carbocycles. The molecule has 1 saturated heterocycles. The van der Waals surface area contributed by atoms with Gasteiger partial charge in [-0.2, -0.15) is 13.2 Å². The summed E-state index contributed by atoms with van der Waals surface area (Å²) in [5.74, 6) is -1.34. The fraction of sp³-hybridized carbons (Fsp3) is 0.167. The van der Waals surface area contributed by atoms with Crippen molar-refractivity contribution in [2.24, 2.45) is 0 Å². The van der Waals surface area contributed by atoms with Crippen molar-refractivity contribution in [1.82, 2.24) is 16.0 Å². The van der Waals surface area contributed by atoms with Crippen LogP contribution in [0.3, 0.4) is 0 Å². The molecule has 3 N–H and O–H groups in total. The number of imide groups is 1. The van der Waals surface area contributed by atoms with Crippen molar-refractivity contribution in [2.75, 3.05) is 6.54 Å². The van der Waals surface area contributed by atoms with Gasteiger partial charge in [-0.15, -0.1) is 12.6 Å². The average Bonchev–Trinajstić information content (AvgIpc) is 2.91. The minimum atomic E-state index is -4.49. The van der Waals surface area contributed by atoms with Crippen LogP contribution in [0.1, 0.15) is 15.9 Å². The third kappa shape index (κ3) is 4.48. The quantitative estimate of drug-likeness (QED) is 0.432. The van der Waals surface area contributed by atoms with E-state index in [1.807, 2.05) is 5.32 Å². The molecule has 6 nitrogen and oxygen atoms in total. The summed E-state index contributed by atoms with van der Waals surface area (Å²) in [6.45, 7) is -0.318. The van der Waals surface area contributed by atoms with Crippen molar-refractivity contribution in [3.05, 3.63) is 58.6 Å². The maximum atomic E-state index is 12.8. The fourth-order valence-corrected chi connectivity index (χ4v) is 3.11. The predicted molar refractivity (Wildman–Crippen MR) is 103 cm³/mol. The monoisotopic (exact) mass is 443 g/mol. The average molecular weight is 444 g/mol. The third-order valence-corrected chi connectivity index (χ3v) is 4.89. The van der Waals surface area contributed by atoms with Crippen molar-refractivity contribution < 1.29 is 27.6 Å². The number of halogens is 4. The first-order valence-corrected chi connectivity index (χ1v) is 8.93. The lowest BCUT2D eigenvalue weighted by Gasteiger charge is -2.20. The summed E-state index contributed by atoms with van der Waals surface area (Å²) in [5, 5.41) is 7.06. The largest absolute Gasteiger partial charge is 0.416 e. The lowest BCUT2D eigenvalue weighted by Crippen LogP contribution is -2.50. The summed E-state index contributed by atoms with van der Waals surface area (Å²) in [6.07, 6.45) is -4.49. The highest BCUT2D eigenvalue weighted by atomic mass is 35.5. The van der Waals surface area contributed by atoms with Crippen LogP contribution in [-0.4, -0.2) is 29.3 Å². The van der Waals surface area contributed by atoms with E-state index in [9.17, 15) is 27.6 Å². The summed E-state index contributed by atoms with van der Waals surface area (Å²) < 4.78 is 38.3. The second kappa shape index (κ2) is 7.60. The molecule has 0 radical (unpaired) electrons. The van der Waals surface area contributed by atoms with Crippen LogP contribution in [-0.2, 0) is 11.0 Å². The molecule has 1 aliphatic heterocycles. The minimum Gasteiger partial charge on any atom is -0.348 e. The Kier molecular flexibility index (Phi) is 5.50. The Bertz CT molecular complexity index is 998. The summed E-state index contributed by atoms with van der Waals surface area (Å²) >= 11 is 10.1. The molecule has 29 heavy (non-hydrogen) atoms. The zero-order valence-electron chi connectivity index (χ0n) is 14.4. The Hall–Kier alpha value is -2.72. The molecule has 0 aliphatic carbocycles. The number of amides is 4. The number of benzene rings is 2. The number of rotatable bonds is 4. The lowest BCUT2D eigenvalue weighted by atomic mass is 9.98.